The van der Waals surface area contributed by atoms with Crippen LogP contribution in [-0.4, -0.2) is 51.4 Å². The van der Waals surface area contributed by atoms with E-state index in [-0.39, 0.29) is 35.4 Å². The van der Waals surface area contributed by atoms with Crippen LogP contribution in [0.15, 0.2) is 120 Å². The summed E-state index contributed by atoms with van der Waals surface area (Å²) in [6.07, 6.45) is 7.78. The molecule has 50 heavy (non-hydrogen) atoms. The summed E-state index contributed by atoms with van der Waals surface area (Å²) in [5.74, 6) is -0.208. The SMILES string of the molecule is COc1ccc(CN(C(=O)COc2ccc(S(=O)(=O)Nc3ccc(F)cc3)cc2)C(Cc2ccccc2)C(=O)NCCC2=CCCCC2)cc1. The molecule has 2 amide bonds. The summed E-state index contributed by atoms with van der Waals surface area (Å²) in [7, 11) is -2.37. The zero-order valence-corrected chi connectivity index (χ0v) is 28.8. The highest BCUT2D eigenvalue weighted by Crippen LogP contribution is 2.22. The van der Waals surface area contributed by atoms with E-state index in [2.05, 4.69) is 16.1 Å². The molecule has 1 atom stereocenters. The molecule has 1 aliphatic rings. The van der Waals surface area contributed by atoms with Crippen molar-refractivity contribution in [2.24, 2.45) is 0 Å². The number of halogens is 1. The molecule has 0 bridgehead atoms. The van der Waals surface area contributed by atoms with Gasteiger partial charge in [-0.15, -0.1) is 0 Å². The quantitative estimate of drug-likeness (QED) is 0.127. The van der Waals surface area contributed by atoms with Crippen molar-refractivity contribution in [2.45, 2.75) is 56.0 Å². The van der Waals surface area contributed by atoms with Crippen molar-refractivity contribution in [3.63, 3.8) is 0 Å². The molecule has 1 unspecified atom stereocenters. The first-order valence-corrected chi connectivity index (χ1v) is 18.1. The average molecular weight is 700 g/mol. The predicted molar refractivity (Wildman–Crippen MR) is 191 cm³/mol. The topological polar surface area (TPSA) is 114 Å². The maximum absolute atomic E-state index is 14.0. The molecule has 5 rings (SSSR count). The Morgan fingerprint density at radius 3 is 2.22 bits per heavy atom. The molecular formula is C39H42FN3O6S. The highest BCUT2D eigenvalue weighted by atomic mass is 32.2. The third kappa shape index (κ3) is 10.4. The van der Waals surface area contributed by atoms with Crippen LogP contribution in [0.2, 0.25) is 0 Å². The lowest BCUT2D eigenvalue weighted by atomic mass is 9.97. The fourth-order valence-electron chi connectivity index (χ4n) is 5.75. The van der Waals surface area contributed by atoms with Gasteiger partial charge in [-0.25, -0.2) is 12.8 Å². The lowest BCUT2D eigenvalue weighted by Crippen LogP contribution is -2.51. The molecular weight excluding hydrogens is 658 g/mol. The standard InChI is InChI=1S/C39H42FN3O6S/c1-48-34-18-12-31(13-19-34)27-43(37(26-30-10-6-3-7-11-30)39(45)41-25-24-29-8-4-2-5-9-29)38(44)28-49-35-20-22-36(23-21-35)50(46,47)42-33-16-14-32(40)15-17-33/h3,6-8,10-23,37,42H,2,4-5,9,24-28H2,1H3,(H,41,45). The number of nitrogens with zero attached hydrogens (tertiary/aromatic N) is 1. The smallest absolute Gasteiger partial charge is 0.261 e. The van der Waals surface area contributed by atoms with Gasteiger partial charge < -0.3 is 19.7 Å². The van der Waals surface area contributed by atoms with Gasteiger partial charge in [0.05, 0.1) is 12.0 Å². The fourth-order valence-corrected chi connectivity index (χ4v) is 6.81. The van der Waals surface area contributed by atoms with Gasteiger partial charge in [0.15, 0.2) is 6.61 Å². The number of hydrogen-bond donors (Lipinski definition) is 2. The van der Waals surface area contributed by atoms with Crippen molar-refractivity contribution in [3.8, 4) is 11.5 Å². The number of carbonyl (C=O) groups excluding carboxylic acids is 2. The number of hydrogen-bond acceptors (Lipinski definition) is 6. The van der Waals surface area contributed by atoms with Crippen molar-refractivity contribution in [1.82, 2.24) is 10.2 Å². The molecule has 0 aromatic heterocycles. The van der Waals surface area contributed by atoms with Crippen LogP contribution in [0.4, 0.5) is 10.1 Å². The van der Waals surface area contributed by atoms with Gasteiger partial charge in [0.2, 0.25) is 5.91 Å². The molecule has 1 aliphatic carbocycles. The summed E-state index contributed by atoms with van der Waals surface area (Å²) in [5.41, 5.74) is 3.28. The van der Waals surface area contributed by atoms with Gasteiger partial charge >= 0.3 is 0 Å². The summed E-state index contributed by atoms with van der Waals surface area (Å²) >= 11 is 0. The van der Waals surface area contributed by atoms with E-state index in [9.17, 15) is 22.4 Å². The Labute approximate surface area is 293 Å². The van der Waals surface area contributed by atoms with Gasteiger partial charge in [-0.3, -0.25) is 14.3 Å². The molecule has 4 aromatic carbocycles. The van der Waals surface area contributed by atoms with E-state index in [1.165, 1.54) is 53.3 Å². The van der Waals surface area contributed by atoms with Gasteiger partial charge in [0.25, 0.3) is 15.9 Å². The number of benzene rings is 4. The summed E-state index contributed by atoms with van der Waals surface area (Å²) in [4.78, 5) is 29.4. The first-order chi connectivity index (χ1) is 24.2. The third-order valence-corrected chi connectivity index (χ3v) is 9.90. The zero-order chi connectivity index (χ0) is 35.3. The maximum Gasteiger partial charge on any atom is 0.261 e. The largest absolute Gasteiger partial charge is 0.497 e. The van der Waals surface area contributed by atoms with E-state index in [1.54, 1.807) is 19.2 Å². The Bertz CT molecular complexity index is 1850. The Kier molecular flexibility index (Phi) is 12.6. The van der Waals surface area contributed by atoms with Crippen molar-refractivity contribution in [1.29, 1.82) is 0 Å². The highest BCUT2D eigenvalue weighted by Gasteiger charge is 2.31. The van der Waals surface area contributed by atoms with Crippen LogP contribution in [0.1, 0.15) is 43.2 Å². The number of rotatable bonds is 16. The van der Waals surface area contributed by atoms with E-state index < -0.39 is 27.8 Å². The number of sulfonamides is 1. The minimum atomic E-state index is -3.95. The lowest BCUT2D eigenvalue weighted by molar-refractivity contribution is -0.142. The van der Waals surface area contributed by atoms with Gasteiger partial charge in [-0.2, -0.15) is 0 Å². The molecule has 0 aliphatic heterocycles. The lowest BCUT2D eigenvalue weighted by Gasteiger charge is -2.31. The molecule has 0 spiro atoms. The van der Waals surface area contributed by atoms with Crippen molar-refractivity contribution in [2.75, 3.05) is 25.0 Å². The van der Waals surface area contributed by atoms with Gasteiger partial charge in [-0.05, 0) is 104 Å². The maximum atomic E-state index is 14.0. The fraction of sp³-hybridized carbons (Fsp3) is 0.282. The van der Waals surface area contributed by atoms with Gasteiger partial charge in [0.1, 0.15) is 23.4 Å². The summed E-state index contributed by atoms with van der Waals surface area (Å²) in [6.45, 7) is 0.234. The van der Waals surface area contributed by atoms with Crippen LogP contribution < -0.4 is 19.5 Å². The predicted octanol–water partition coefficient (Wildman–Crippen LogP) is 6.66. The molecule has 0 radical (unpaired) electrons. The van der Waals surface area contributed by atoms with Gasteiger partial charge in [-0.1, -0.05) is 54.1 Å². The Morgan fingerprint density at radius 1 is 0.860 bits per heavy atom. The van der Waals surface area contributed by atoms with E-state index in [0.29, 0.717) is 18.7 Å². The highest BCUT2D eigenvalue weighted by molar-refractivity contribution is 7.92. The zero-order valence-electron chi connectivity index (χ0n) is 28.0. The molecule has 11 heteroatoms. The van der Waals surface area contributed by atoms with E-state index in [0.717, 1.165) is 48.9 Å². The Morgan fingerprint density at radius 2 is 1.56 bits per heavy atom. The molecule has 2 N–H and O–H groups in total. The molecule has 262 valence electrons. The minimum Gasteiger partial charge on any atom is -0.497 e. The second-order valence-electron chi connectivity index (χ2n) is 12.1. The van der Waals surface area contributed by atoms with E-state index >= 15 is 0 Å². The van der Waals surface area contributed by atoms with E-state index in [4.69, 9.17) is 9.47 Å². The van der Waals surface area contributed by atoms with Crippen LogP contribution >= 0.6 is 0 Å². The number of allylic oxidation sites excluding steroid dienone is 1. The Balaban J connectivity index is 1.33. The molecule has 0 saturated heterocycles. The molecule has 0 heterocycles. The molecule has 9 nitrogen and oxygen atoms in total. The second kappa shape index (κ2) is 17.5. The number of anilines is 1. The molecule has 0 saturated carbocycles. The summed E-state index contributed by atoms with van der Waals surface area (Å²) in [5, 5.41) is 3.09. The number of ether oxygens (including phenoxy) is 2. The third-order valence-electron chi connectivity index (χ3n) is 8.51. The molecule has 0 fully saturated rings. The first kappa shape index (κ1) is 36.1. The number of methoxy groups -OCH3 is 1. The average Bonchev–Trinajstić information content (AvgIpc) is 3.14. The number of nitrogens with one attached hydrogen (secondary N) is 2. The van der Waals surface area contributed by atoms with Gasteiger partial charge in [0, 0.05) is 25.2 Å². The van der Waals surface area contributed by atoms with Crippen molar-refractivity contribution >= 4 is 27.5 Å². The van der Waals surface area contributed by atoms with Crippen molar-refractivity contribution < 1.29 is 31.9 Å². The van der Waals surface area contributed by atoms with Crippen LogP contribution in [0.5, 0.6) is 11.5 Å². The minimum absolute atomic E-state index is 0.0368. The van der Waals surface area contributed by atoms with Crippen LogP contribution in [0, 0.1) is 5.82 Å². The summed E-state index contributed by atoms with van der Waals surface area (Å²) < 4.78 is 52.6. The van der Waals surface area contributed by atoms with Crippen LogP contribution in [0.3, 0.4) is 0 Å². The molecule has 4 aromatic rings. The monoisotopic (exact) mass is 699 g/mol. The first-order valence-electron chi connectivity index (χ1n) is 16.6. The van der Waals surface area contributed by atoms with E-state index in [1.807, 2.05) is 42.5 Å². The number of carbonyl (C=O) groups is 2. The normalized spacial score (nSPS) is 13.4. The Hall–Kier alpha value is -5.16. The summed E-state index contributed by atoms with van der Waals surface area (Å²) in [6, 6.07) is 26.6. The second-order valence-corrected chi connectivity index (χ2v) is 13.8. The van der Waals surface area contributed by atoms with Crippen LogP contribution in [-0.2, 0) is 32.6 Å². The number of amides is 2. The van der Waals surface area contributed by atoms with Crippen LogP contribution in [0.25, 0.3) is 0 Å². The van der Waals surface area contributed by atoms with Crippen molar-refractivity contribution in [3.05, 3.63) is 132 Å².